The fourth-order valence-corrected chi connectivity index (χ4v) is 2.09. The van der Waals surface area contributed by atoms with Gasteiger partial charge >= 0.3 is 0 Å². The van der Waals surface area contributed by atoms with Crippen LogP contribution in [0.25, 0.3) is 0 Å². The molecule has 0 saturated carbocycles. The molecule has 1 atom stereocenters. The van der Waals surface area contributed by atoms with Crippen LogP contribution in [0.3, 0.4) is 0 Å². The first-order valence-corrected chi connectivity index (χ1v) is 6.10. The number of imidazole rings is 1. The van der Waals surface area contributed by atoms with Gasteiger partial charge in [-0.05, 0) is 19.0 Å². The zero-order valence-electron chi connectivity index (χ0n) is 10.9. The fraction of sp³-hybridized carbons (Fsp3) is 0.357. The normalized spacial score (nSPS) is 12.7. The van der Waals surface area contributed by atoms with Crippen molar-refractivity contribution in [1.82, 2.24) is 14.9 Å². The summed E-state index contributed by atoms with van der Waals surface area (Å²) >= 11 is 0. The van der Waals surface area contributed by atoms with E-state index in [0.29, 0.717) is 11.1 Å². The topological polar surface area (TPSA) is 29.9 Å². The summed E-state index contributed by atoms with van der Waals surface area (Å²) in [5.74, 6) is 0.660. The van der Waals surface area contributed by atoms with Gasteiger partial charge in [-0.15, -0.1) is 0 Å². The van der Waals surface area contributed by atoms with Crippen molar-refractivity contribution in [2.75, 3.05) is 6.54 Å². The van der Waals surface area contributed by atoms with Gasteiger partial charge in [-0.25, -0.2) is 9.37 Å². The van der Waals surface area contributed by atoms with Crippen LogP contribution in [0.5, 0.6) is 0 Å². The summed E-state index contributed by atoms with van der Waals surface area (Å²) in [6, 6.07) is 5.25. The Balaban J connectivity index is 2.48. The third kappa shape index (κ3) is 2.29. The van der Waals surface area contributed by atoms with Gasteiger partial charge in [0.2, 0.25) is 0 Å². The van der Waals surface area contributed by atoms with Gasteiger partial charge in [-0.3, -0.25) is 0 Å². The van der Waals surface area contributed by atoms with Gasteiger partial charge in [0, 0.05) is 25.0 Å². The molecule has 0 fully saturated rings. The molecule has 3 nitrogen and oxygen atoms in total. The van der Waals surface area contributed by atoms with E-state index < -0.39 is 0 Å². The molecule has 1 aromatic carbocycles. The molecule has 0 spiro atoms. The van der Waals surface area contributed by atoms with Crippen LogP contribution in [0.15, 0.2) is 30.6 Å². The van der Waals surface area contributed by atoms with Crippen molar-refractivity contribution >= 4 is 0 Å². The predicted octanol–water partition coefficient (Wildman–Crippen LogP) is 2.57. The molecular formula is C14H18FN3. The Morgan fingerprint density at radius 2 is 2.22 bits per heavy atom. The van der Waals surface area contributed by atoms with Crippen molar-refractivity contribution in [3.05, 3.63) is 53.4 Å². The van der Waals surface area contributed by atoms with Gasteiger partial charge in [0.05, 0.1) is 6.04 Å². The van der Waals surface area contributed by atoms with E-state index in [1.165, 1.54) is 0 Å². The summed E-state index contributed by atoms with van der Waals surface area (Å²) < 4.78 is 16.1. The molecule has 96 valence electrons. The lowest BCUT2D eigenvalue weighted by Gasteiger charge is -2.19. The number of rotatable bonds is 4. The average Bonchev–Trinajstić information content (AvgIpc) is 2.76. The molecule has 0 radical (unpaired) electrons. The standard InChI is InChI=1S/C14H18FN3/c1-4-16-13(14-17-8-9-18(14)3)11-7-5-6-10(2)12(11)15/h5-9,13,16H,4H2,1-3H3. The summed E-state index contributed by atoms with van der Waals surface area (Å²) in [7, 11) is 1.92. The van der Waals surface area contributed by atoms with Gasteiger partial charge in [-0.1, -0.05) is 25.1 Å². The number of aromatic nitrogens is 2. The van der Waals surface area contributed by atoms with E-state index in [-0.39, 0.29) is 11.9 Å². The molecule has 0 saturated heterocycles. The maximum Gasteiger partial charge on any atom is 0.131 e. The average molecular weight is 247 g/mol. The molecule has 1 aromatic heterocycles. The van der Waals surface area contributed by atoms with Crippen LogP contribution in [0, 0.1) is 12.7 Å². The van der Waals surface area contributed by atoms with Crippen LogP contribution in [0.4, 0.5) is 4.39 Å². The second-order valence-electron chi connectivity index (χ2n) is 4.37. The maximum absolute atomic E-state index is 14.2. The second kappa shape index (κ2) is 5.31. The summed E-state index contributed by atoms with van der Waals surface area (Å²) in [6.45, 7) is 4.54. The van der Waals surface area contributed by atoms with Crippen molar-refractivity contribution in [2.24, 2.45) is 7.05 Å². The molecule has 2 aromatic rings. The van der Waals surface area contributed by atoms with E-state index in [0.717, 1.165) is 12.4 Å². The largest absolute Gasteiger partial charge is 0.336 e. The molecular weight excluding hydrogens is 229 g/mol. The van der Waals surface area contributed by atoms with Crippen LogP contribution in [0.1, 0.15) is 29.9 Å². The second-order valence-corrected chi connectivity index (χ2v) is 4.37. The minimum absolute atomic E-state index is 0.161. The molecule has 0 aliphatic carbocycles. The molecule has 1 N–H and O–H groups in total. The van der Waals surface area contributed by atoms with Gasteiger partial charge in [0.25, 0.3) is 0 Å². The fourth-order valence-electron chi connectivity index (χ4n) is 2.09. The summed E-state index contributed by atoms with van der Waals surface area (Å²) in [4.78, 5) is 4.32. The lowest BCUT2D eigenvalue weighted by Crippen LogP contribution is -2.25. The minimum atomic E-state index is -0.213. The van der Waals surface area contributed by atoms with E-state index in [2.05, 4.69) is 10.3 Å². The zero-order chi connectivity index (χ0) is 13.1. The maximum atomic E-state index is 14.2. The third-order valence-corrected chi connectivity index (χ3v) is 3.06. The van der Waals surface area contributed by atoms with Crippen LogP contribution in [-0.4, -0.2) is 16.1 Å². The van der Waals surface area contributed by atoms with Crippen molar-refractivity contribution in [3.63, 3.8) is 0 Å². The van der Waals surface area contributed by atoms with E-state index in [1.807, 2.05) is 36.9 Å². The summed E-state index contributed by atoms with van der Waals surface area (Å²) in [5.41, 5.74) is 1.30. The quantitative estimate of drug-likeness (QED) is 0.900. The number of hydrogen-bond donors (Lipinski definition) is 1. The molecule has 18 heavy (non-hydrogen) atoms. The highest BCUT2D eigenvalue weighted by molar-refractivity contribution is 5.31. The van der Waals surface area contributed by atoms with Crippen molar-refractivity contribution in [2.45, 2.75) is 19.9 Å². The van der Waals surface area contributed by atoms with Crippen molar-refractivity contribution in [1.29, 1.82) is 0 Å². The third-order valence-electron chi connectivity index (χ3n) is 3.06. The van der Waals surface area contributed by atoms with Crippen molar-refractivity contribution < 1.29 is 4.39 Å². The molecule has 2 rings (SSSR count). The highest BCUT2D eigenvalue weighted by Crippen LogP contribution is 2.24. The Morgan fingerprint density at radius 3 is 2.83 bits per heavy atom. The number of aryl methyl sites for hydroxylation is 2. The Kier molecular flexibility index (Phi) is 3.77. The minimum Gasteiger partial charge on any atom is -0.336 e. The predicted molar refractivity (Wildman–Crippen MR) is 69.9 cm³/mol. The Labute approximate surface area is 107 Å². The summed E-state index contributed by atoms with van der Waals surface area (Å²) in [5, 5.41) is 3.29. The number of halogens is 1. The van der Waals surface area contributed by atoms with Gasteiger partial charge < -0.3 is 9.88 Å². The van der Waals surface area contributed by atoms with Gasteiger partial charge in [-0.2, -0.15) is 0 Å². The number of nitrogens with zero attached hydrogens (tertiary/aromatic N) is 2. The molecule has 1 heterocycles. The monoisotopic (exact) mass is 247 g/mol. The highest BCUT2D eigenvalue weighted by atomic mass is 19.1. The van der Waals surface area contributed by atoms with E-state index >= 15 is 0 Å². The molecule has 1 unspecified atom stereocenters. The highest BCUT2D eigenvalue weighted by Gasteiger charge is 2.21. The van der Waals surface area contributed by atoms with Crippen LogP contribution in [-0.2, 0) is 7.05 Å². The Morgan fingerprint density at radius 1 is 1.44 bits per heavy atom. The number of benzene rings is 1. The van der Waals surface area contributed by atoms with Gasteiger partial charge in [0.15, 0.2) is 0 Å². The first-order valence-electron chi connectivity index (χ1n) is 6.10. The molecule has 0 aliphatic heterocycles. The van der Waals surface area contributed by atoms with E-state index in [1.54, 1.807) is 19.2 Å². The SMILES string of the molecule is CCNC(c1cccc(C)c1F)c1nccn1C. The van der Waals surface area contributed by atoms with Gasteiger partial charge in [0.1, 0.15) is 11.6 Å². The lowest BCUT2D eigenvalue weighted by molar-refractivity contribution is 0.528. The Bertz CT molecular complexity index is 534. The van der Waals surface area contributed by atoms with Crippen LogP contribution >= 0.6 is 0 Å². The van der Waals surface area contributed by atoms with Crippen molar-refractivity contribution in [3.8, 4) is 0 Å². The smallest absolute Gasteiger partial charge is 0.131 e. The number of hydrogen-bond acceptors (Lipinski definition) is 2. The number of nitrogens with one attached hydrogen (secondary N) is 1. The zero-order valence-corrected chi connectivity index (χ0v) is 10.9. The first kappa shape index (κ1) is 12.8. The summed E-state index contributed by atoms with van der Waals surface area (Å²) in [6.07, 6.45) is 3.60. The molecule has 0 amide bonds. The lowest BCUT2D eigenvalue weighted by atomic mass is 10.0. The first-order chi connectivity index (χ1) is 8.65. The van der Waals surface area contributed by atoms with E-state index in [4.69, 9.17) is 0 Å². The molecule has 4 heteroatoms. The van der Waals surface area contributed by atoms with E-state index in [9.17, 15) is 4.39 Å². The Hall–Kier alpha value is -1.68. The van der Waals surface area contributed by atoms with Crippen LogP contribution < -0.4 is 5.32 Å². The molecule has 0 aliphatic rings. The molecule has 0 bridgehead atoms. The van der Waals surface area contributed by atoms with Crippen LogP contribution in [0.2, 0.25) is 0 Å².